The van der Waals surface area contributed by atoms with Crippen LogP contribution in [0.1, 0.15) is 35.2 Å². The average Bonchev–Trinajstić information content (AvgIpc) is 2.63. The smallest absolute Gasteiger partial charge is 0.285 e. The van der Waals surface area contributed by atoms with E-state index in [-0.39, 0.29) is 17.7 Å². The third-order valence-corrected chi connectivity index (χ3v) is 4.21. The molecule has 0 aliphatic heterocycles. The second kappa shape index (κ2) is 7.90. The quantitative estimate of drug-likeness (QED) is 0.740. The third kappa shape index (κ3) is 3.86. The molecule has 0 N–H and O–H groups in total. The molecule has 0 amide bonds. The fraction of sp³-hybridized carbons (Fsp3) is 0.444. The molecule has 2 aromatic rings. The average molecular weight is 340 g/mol. The number of methoxy groups -OCH3 is 1. The van der Waals surface area contributed by atoms with Crippen LogP contribution in [-0.4, -0.2) is 35.1 Å². The van der Waals surface area contributed by atoms with Gasteiger partial charge >= 0.3 is 0 Å². The minimum atomic E-state index is -0.332. The van der Waals surface area contributed by atoms with Crippen molar-refractivity contribution < 1.29 is 9.47 Å². The van der Waals surface area contributed by atoms with Crippen molar-refractivity contribution in [2.24, 2.45) is 0 Å². The number of nitriles is 1. The van der Waals surface area contributed by atoms with Gasteiger partial charge in [-0.05, 0) is 42.9 Å². The maximum absolute atomic E-state index is 12.6. The van der Waals surface area contributed by atoms with Crippen LogP contribution in [0, 0.1) is 11.3 Å². The van der Waals surface area contributed by atoms with E-state index in [2.05, 4.69) is 16.2 Å². The molecule has 7 nitrogen and oxygen atoms in total. The van der Waals surface area contributed by atoms with Gasteiger partial charge in [-0.2, -0.15) is 10.4 Å². The van der Waals surface area contributed by atoms with E-state index in [4.69, 9.17) is 9.47 Å². The predicted octanol–water partition coefficient (Wildman–Crippen LogP) is 1.46. The highest BCUT2D eigenvalue weighted by molar-refractivity contribution is 5.39. The Labute approximate surface area is 145 Å². The summed E-state index contributed by atoms with van der Waals surface area (Å²) in [5.74, 6) is 0.473. The van der Waals surface area contributed by atoms with Crippen molar-refractivity contribution in [2.45, 2.75) is 32.2 Å². The van der Waals surface area contributed by atoms with Crippen molar-refractivity contribution >= 4 is 0 Å². The number of nitrogens with zero attached hydrogens (tertiary/aromatic N) is 4. The second-order valence-electron chi connectivity index (χ2n) is 5.93. The highest BCUT2D eigenvalue weighted by Crippen LogP contribution is 2.20. The molecule has 3 rings (SSSR count). The van der Waals surface area contributed by atoms with Crippen molar-refractivity contribution in [1.82, 2.24) is 14.8 Å². The Hall–Kier alpha value is -2.72. The molecule has 0 fully saturated rings. The maximum atomic E-state index is 12.6. The van der Waals surface area contributed by atoms with Crippen molar-refractivity contribution in [1.29, 1.82) is 5.26 Å². The maximum Gasteiger partial charge on any atom is 0.285 e. The van der Waals surface area contributed by atoms with Crippen LogP contribution >= 0.6 is 0 Å². The lowest BCUT2D eigenvalue weighted by Crippen LogP contribution is -2.30. The van der Waals surface area contributed by atoms with Gasteiger partial charge in [0.1, 0.15) is 18.2 Å². The molecule has 1 aliphatic rings. The Morgan fingerprint density at radius 3 is 2.96 bits per heavy atom. The number of rotatable bonds is 6. The molecule has 0 saturated heterocycles. The number of hydrogen-bond donors (Lipinski definition) is 0. The first-order valence-electron chi connectivity index (χ1n) is 8.32. The van der Waals surface area contributed by atoms with Crippen LogP contribution in [0.25, 0.3) is 0 Å². The number of ether oxygens (including phenoxy) is 2. The number of fused-ring (bicyclic) bond motifs is 1. The molecule has 130 valence electrons. The molecule has 0 atom stereocenters. The molecule has 7 heteroatoms. The molecule has 0 saturated carbocycles. The zero-order valence-corrected chi connectivity index (χ0v) is 14.2. The van der Waals surface area contributed by atoms with Gasteiger partial charge in [-0.25, -0.2) is 9.67 Å². The van der Waals surface area contributed by atoms with Gasteiger partial charge in [0.2, 0.25) is 5.88 Å². The summed E-state index contributed by atoms with van der Waals surface area (Å²) in [5, 5.41) is 13.9. The van der Waals surface area contributed by atoms with Gasteiger partial charge in [-0.1, -0.05) is 0 Å². The van der Waals surface area contributed by atoms with Crippen molar-refractivity contribution in [3.05, 3.63) is 51.1 Å². The topological polar surface area (TPSA) is 90.0 Å². The number of hydrogen-bond acceptors (Lipinski definition) is 6. The van der Waals surface area contributed by atoms with E-state index in [1.54, 1.807) is 19.4 Å². The van der Waals surface area contributed by atoms with Crippen LogP contribution in [0.5, 0.6) is 5.88 Å². The van der Waals surface area contributed by atoms with Crippen molar-refractivity contribution in [3.63, 3.8) is 0 Å². The lowest BCUT2D eigenvalue weighted by Gasteiger charge is -2.17. The Bertz CT molecular complexity index is 854. The summed E-state index contributed by atoms with van der Waals surface area (Å²) in [6, 6.07) is 5.65. The zero-order valence-electron chi connectivity index (χ0n) is 14.2. The first-order chi connectivity index (χ1) is 12.2. The first-order valence-corrected chi connectivity index (χ1v) is 8.32. The monoisotopic (exact) mass is 340 g/mol. The summed E-state index contributed by atoms with van der Waals surface area (Å²) in [5.41, 5.74) is 2.44. The zero-order chi connectivity index (χ0) is 17.6. The molecular formula is C18H20N4O3. The Balaban J connectivity index is 1.87. The summed E-state index contributed by atoms with van der Waals surface area (Å²) < 4.78 is 11.8. The van der Waals surface area contributed by atoms with Gasteiger partial charge < -0.3 is 9.47 Å². The van der Waals surface area contributed by atoms with Crippen molar-refractivity contribution in [2.75, 3.05) is 20.3 Å². The third-order valence-electron chi connectivity index (χ3n) is 4.21. The van der Waals surface area contributed by atoms with Gasteiger partial charge in [-0.3, -0.25) is 4.79 Å². The largest absolute Gasteiger partial charge is 0.475 e. The lowest BCUT2D eigenvalue weighted by atomic mass is 9.93. The van der Waals surface area contributed by atoms with Crippen LogP contribution in [0.3, 0.4) is 0 Å². The Kier molecular flexibility index (Phi) is 5.41. The van der Waals surface area contributed by atoms with Crippen LogP contribution in [0.2, 0.25) is 0 Å². The van der Waals surface area contributed by atoms with Gasteiger partial charge in [-0.15, -0.1) is 0 Å². The number of aromatic nitrogens is 3. The predicted molar refractivity (Wildman–Crippen MR) is 90.6 cm³/mol. The molecule has 2 heterocycles. The van der Waals surface area contributed by atoms with Gasteiger partial charge in [0.25, 0.3) is 5.56 Å². The summed E-state index contributed by atoms with van der Waals surface area (Å²) >= 11 is 0. The molecule has 2 aromatic heterocycles. The standard InChI is InChI=1S/C18H20N4O3/c1-24-8-9-25-17-10-13(6-7-20-17)12-22-18(23)15(11-19)14-4-2-3-5-16(14)21-22/h6-7,10H,2-5,8-9,12H2,1H3. The van der Waals surface area contributed by atoms with E-state index < -0.39 is 0 Å². The minimum Gasteiger partial charge on any atom is -0.475 e. The Morgan fingerprint density at radius 1 is 1.32 bits per heavy atom. The first kappa shape index (κ1) is 17.1. The second-order valence-corrected chi connectivity index (χ2v) is 5.93. The van der Waals surface area contributed by atoms with Gasteiger partial charge in [0.15, 0.2) is 0 Å². The van der Waals surface area contributed by atoms with Crippen LogP contribution in [0.15, 0.2) is 23.1 Å². The molecular weight excluding hydrogens is 320 g/mol. The van der Waals surface area contributed by atoms with Gasteiger partial charge in [0.05, 0.1) is 18.8 Å². The van der Waals surface area contributed by atoms with E-state index in [0.717, 1.165) is 42.5 Å². The molecule has 0 spiro atoms. The molecule has 0 radical (unpaired) electrons. The van der Waals surface area contributed by atoms with Crippen molar-refractivity contribution in [3.8, 4) is 11.9 Å². The molecule has 0 aromatic carbocycles. The van der Waals surface area contributed by atoms with E-state index >= 15 is 0 Å². The minimum absolute atomic E-state index is 0.232. The van der Waals surface area contributed by atoms with Gasteiger partial charge in [0, 0.05) is 19.4 Å². The fourth-order valence-corrected chi connectivity index (χ4v) is 2.97. The molecule has 25 heavy (non-hydrogen) atoms. The van der Waals surface area contributed by atoms with E-state index in [9.17, 15) is 10.1 Å². The molecule has 0 unspecified atom stereocenters. The van der Waals surface area contributed by atoms with Crippen LogP contribution in [0.4, 0.5) is 0 Å². The number of pyridine rings is 1. The van der Waals surface area contributed by atoms with E-state index in [1.165, 1.54) is 4.68 Å². The summed E-state index contributed by atoms with van der Waals surface area (Å²) in [6.45, 7) is 1.16. The molecule has 1 aliphatic carbocycles. The van der Waals surface area contributed by atoms with Crippen LogP contribution in [-0.2, 0) is 24.1 Å². The number of aryl methyl sites for hydroxylation is 1. The van der Waals surface area contributed by atoms with E-state index in [0.29, 0.717) is 19.1 Å². The normalized spacial score (nSPS) is 13.1. The fourth-order valence-electron chi connectivity index (χ4n) is 2.97. The SMILES string of the molecule is COCCOc1cc(Cn2nc3c(c(C#N)c2=O)CCCC3)ccn1. The summed E-state index contributed by atoms with van der Waals surface area (Å²) in [7, 11) is 1.61. The summed E-state index contributed by atoms with van der Waals surface area (Å²) in [6.07, 6.45) is 5.24. The highest BCUT2D eigenvalue weighted by Gasteiger charge is 2.20. The lowest BCUT2D eigenvalue weighted by molar-refractivity contribution is 0.143. The highest BCUT2D eigenvalue weighted by atomic mass is 16.5. The summed E-state index contributed by atoms with van der Waals surface area (Å²) in [4.78, 5) is 16.7. The van der Waals surface area contributed by atoms with E-state index in [1.807, 2.05) is 6.07 Å². The molecule has 0 bridgehead atoms. The Morgan fingerprint density at radius 2 is 2.16 bits per heavy atom. The van der Waals surface area contributed by atoms with Crippen LogP contribution < -0.4 is 10.3 Å².